The minimum Gasteiger partial charge on any atom is -0.491 e. The first-order valence-corrected chi connectivity index (χ1v) is 12.1. The second-order valence-corrected chi connectivity index (χ2v) is 7.88. The zero-order valence-corrected chi connectivity index (χ0v) is 21.3. The van der Waals surface area contributed by atoms with E-state index in [4.69, 9.17) is 18.9 Å². The summed E-state index contributed by atoms with van der Waals surface area (Å²) < 4.78 is 22.1. The Labute approximate surface area is 212 Å². The van der Waals surface area contributed by atoms with Crippen LogP contribution in [0.4, 0.5) is 11.4 Å². The highest BCUT2D eigenvalue weighted by atomic mass is 16.6. The fraction of sp³-hybridized carbons (Fsp3) is 0.444. The van der Waals surface area contributed by atoms with Gasteiger partial charge in [-0.15, -0.1) is 0 Å². The molecular weight excluding hydrogens is 464 g/mol. The van der Waals surface area contributed by atoms with E-state index in [1.807, 2.05) is 0 Å². The molecule has 2 rings (SSSR count). The molecule has 0 saturated carbocycles. The molecule has 0 fully saturated rings. The van der Waals surface area contributed by atoms with E-state index in [2.05, 4.69) is 10.6 Å². The maximum atomic E-state index is 12.1. The number of carbonyl (C=O) groups excluding carboxylic acids is 3. The van der Waals surface area contributed by atoms with Gasteiger partial charge in [0.1, 0.15) is 12.4 Å². The van der Waals surface area contributed by atoms with Crippen LogP contribution in [0.15, 0.2) is 42.5 Å². The van der Waals surface area contributed by atoms with Crippen molar-refractivity contribution in [2.75, 3.05) is 63.4 Å². The van der Waals surface area contributed by atoms with E-state index in [1.165, 1.54) is 13.8 Å². The van der Waals surface area contributed by atoms with Gasteiger partial charge in [-0.2, -0.15) is 0 Å². The van der Waals surface area contributed by atoms with Gasteiger partial charge in [-0.05, 0) is 37.3 Å². The summed E-state index contributed by atoms with van der Waals surface area (Å²) in [4.78, 5) is 35.2. The van der Waals surface area contributed by atoms with Crippen molar-refractivity contribution in [2.45, 2.75) is 27.2 Å². The van der Waals surface area contributed by atoms with Crippen LogP contribution in [-0.4, -0.2) is 70.3 Å². The maximum Gasteiger partial charge on any atom is 0.221 e. The standard InChI is InChI=1S/C27H36N2O7/c1-4-26(32)24-6-5-7-25(27(24)20(2)30)28-12-13-33-14-15-34-16-17-35-18-19-36-23-10-8-22(9-11-23)29-21(3)31/h5-11,28H,4,12-19H2,1-3H3,(H,29,31). The van der Waals surface area contributed by atoms with Crippen LogP contribution in [0.1, 0.15) is 47.9 Å². The van der Waals surface area contributed by atoms with Crippen LogP contribution in [0.25, 0.3) is 0 Å². The molecule has 0 heterocycles. The topological polar surface area (TPSA) is 112 Å². The molecule has 2 aromatic rings. The number of ketones is 2. The van der Waals surface area contributed by atoms with Crippen LogP contribution < -0.4 is 15.4 Å². The summed E-state index contributed by atoms with van der Waals surface area (Å²) in [5.74, 6) is 0.393. The normalized spacial score (nSPS) is 10.6. The largest absolute Gasteiger partial charge is 0.491 e. The number of hydrogen-bond acceptors (Lipinski definition) is 8. The van der Waals surface area contributed by atoms with E-state index >= 15 is 0 Å². The number of ether oxygens (including phenoxy) is 4. The third kappa shape index (κ3) is 10.6. The van der Waals surface area contributed by atoms with Crippen molar-refractivity contribution in [3.8, 4) is 5.75 Å². The van der Waals surface area contributed by atoms with Crippen molar-refractivity contribution in [3.05, 3.63) is 53.6 Å². The molecule has 0 aromatic heterocycles. The summed E-state index contributed by atoms with van der Waals surface area (Å²) in [6.07, 6.45) is 0.349. The van der Waals surface area contributed by atoms with Crippen molar-refractivity contribution >= 4 is 28.8 Å². The predicted octanol–water partition coefficient (Wildman–Crippen LogP) is 3.98. The zero-order chi connectivity index (χ0) is 26.2. The zero-order valence-electron chi connectivity index (χ0n) is 21.3. The monoisotopic (exact) mass is 500 g/mol. The van der Waals surface area contributed by atoms with Crippen LogP contribution in [-0.2, 0) is 19.0 Å². The smallest absolute Gasteiger partial charge is 0.221 e. The van der Waals surface area contributed by atoms with Crippen LogP contribution in [0, 0.1) is 0 Å². The van der Waals surface area contributed by atoms with Crippen LogP contribution >= 0.6 is 0 Å². The van der Waals surface area contributed by atoms with E-state index in [0.717, 1.165) is 5.69 Å². The minimum atomic E-state index is -0.143. The van der Waals surface area contributed by atoms with Gasteiger partial charge in [0.25, 0.3) is 0 Å². The van der Waals surface area contributed by atoms with E-state index in [-0.39, 0.29) is 17.5 Å². The number of benzene rings is 2. The summed E-state index contributed by atoms with van der Waals surface area (Å²) in [6, 6.07) is 12.4. The Morgan fingerprint density at radius 3 is 1.97 bits per heavy atom. The van der Waals surface area contributed by atoms with Gasteiger partial charge in [0, 0.05) is 36.8 Å². The molecule has 2 aromatic carbocycles. The Morgan fingerprint density at radius 2 is 1.39 bits per heavy atom. The molecule has 2 N–H and O–H groups in total. The first kappa shape index (κ1) is 29.0. The molecular formula is C27H36N2O7. The lowest BCUT2D eigenvalue weighted by molar-refractivity contribution is -0.114. The van der Waals surface area contributed by atoms with Crippen molar-refractivity contribution in [1.29, 1.82) is 0 Å². The third-order valence-corrected chi connectivity index (χ3v) is 5.01. The molecule has 0 aliphatic carbocycles. The summed E-state index contributed by atoms with van der Waals surface area (Å²) >= 11 is 0. The quantitative estimate of drug-likeness (QED) is 0.234. The molecule has 1 amide bonds. The Balaban J connectivity index is 1.49. The first-order valence-electron chi connectivity index (χ1n) is 12.1. The molecule has 0 radical (unpaired) electrons. The van der Waals surface area contributed by atoms with Gasteiger partial charge in [-0.25, -0.2) is 0 Å². The number of hydrogen-bond donors (Lipinski definition) is 2. The maximum absolute atomic E-state index is 12.1. The molecule has 9 heteroatoms. The summed E-state index contributed by atoms with van der Waals surface area (Å²) in [5.41, 5.74) is 2.25. The Morgan fingerprint density at radius 1 is 0.778 bits per heavy atom. The lowest BCUT2D eigenvalue weighted by Gasteiger charge is -2.14. The number of nitrogens with one attached hydrogen (secondary N) is 2. The summed E-state index contributed by atoms with van der Waals surface area (Å²) in [6.45, 7) is 8.28. The van der Waals surface area contributed by atoms with Crippen molar-refractivity contribution in [3.63, 3.8) is 0 Å². The van der Waals surface area contributed by atoms with E-state index in [9.17, 15) is 14.4 Å². The van der Waals surface area contributed by atoms with E-state index < -0.39 is 0 Å². The van der Waals surface area contributed by atoms with Gasteiger partial charge in [0.2, 0.25) is 5.91 Å². The molecule has 0 spiro atoms. The van der Waals surface area contributed by atoms with Gasteiger partial charge in [-0.3, -0.25) is 14.4 Å². The second-order valence-electron chi connectivity index (χ2n) is 7.88. The lowest BCUT2D eigenvalue weighted by atomic mass is 9.97. The van der Waals surface area contributed by atoms with Gasteiger partial charge in [0.05, 0.1) is 45.2 Å². The fourth-order valence-electron chi connectivity index (χ4n) is 3.36. The molecule has 36 heavy (non-hydrogen) atoms. The summed E-state index contributed by atoms with van der Waals surface area (Å²) in [7, 11) is 0. The van der Waals surface area contributed by atoms with Gasteiger partial charge < -0.3 is 29.6 Å². The first-order chi connectivity index (χ1) is 17.4. The predicted molar refractivity (Wildman–Crippen MR) is 138 cm³/mol. The molecule has 0 saturated heterocycles. The number of amides is 1. The average molecular weight is 501 g/mol. The molecule has 196 valence electrons. The summed E-state index contributed by atoms with van der Waals surface area (Å²) in [5, 5.41) is 5.88. The molecule has 9 nitrogen and oxygen atoms in total. The Kier molecular flexibility index (Phi) is 13.2. The van der Waals surface area contributed by atoms with Gasteiger partial charge in [0.15, 0.2) is 11.6 Å². The average Bonchev–Trinajstić information content (AvgIpc) is 2.86. The van der Waals surface area contributed by atoms with Gasteiger partial charge in [-0.1, -0.05) is 19.1 Å². The number of rotatable bonds is 18. The highest BCUT2D eigenvalue weighted by Gasteiger charge is 2.16. The van der Waals surface area contributed by atoms with E-state index in [0.29, 0.717) is 81.8 Å². The van der Waals surface area contributed by atoms with Crippen LogP contribution in [0.2, 0.25) is 0 Å². The third-order valence-electron chi connectivity index (χ3n) is 5.01. The Hall–Kier alpha value is -3.27. The number of carbonyl (C=O) groups is 3. The number of Topliss-reactive ketones (excluding diaryl/α,β-unsaturated/α-hetero) is 2. The minimum absolute atomic E-state index is 0.0525. The molecule has 0 unspecified atom stereocenters. The van der Waals surface area contributed by atoms with Crippen molar-refractivity contribution < 1.29 is 33.3 Å². The fourth-order valence-corrected chi connectivity index (χ4v) is 3.36. The molecule has 0 aliphatic rings. The molecule has 0 bridgehead atoms. The lowest BCUT2D eigenvalue weighted by Crippen LogP contribution is -2.16. The van der Waals surface area contributed by atoms with E-state index in [1.54, 1.807) is 49.4 Å². The van der Waals surface area contributed by atoms with Crippen molar-refractivity contribution in [2.24, 2.45) is 0 Å². The van der Waals surface area contributed by atoms with Crippen molar-refractivity contribution in [1.82, 2.24) is 0 Å². The second kappa shape index (κ2) is 16.4. The van der Waals surface area contributed by atoms with Crippen LogP contribution in [0.5, 0.6) is 5.75 Å². The number of anilines is 2. The van der Waals surface area contributed by atoms with Crippen LogP contribution in [0.3, 0.4) is 0 Å². The molecule has 0 atom stereocenters. The molecule has 0 aliphatic heterocycles. The highest BCUT2D eigenvalue weighted by molar-refractivity contribution is 6.11. The van der Waals surface area contributed by atoms with Gasteiger partial charge >= 0.3 is 0 Å². The highest BCUT2D eigenvalue weighted by Crippen LogP contribution is 2.22. The SMILES string of the molecule is CCC(=O)c1cccc(NCCOCCOCCOCCOc2ccc(NC(C)=O)cc2)c1C(C)=O. The Bertz CT molecular complexity index is 977.